The quantitative estimate of drug-likeness (QED) is 0.661. The van der Waals surface area contributed by atoms with Gasteiger partial charge in [-0.25, -0.2) is 9.50 Å². The van der Waals surface area contributed by atoms with Gasteiger partial charge in [-0.15, -0.1) is 5.10 Å². The van der Waals surface area contributed by atoms with Gasteiger partial charge in [0.2, 0.25) is 0 Å². The van der Waals surface area contributed by atoms with E-state index in [0.29, 0.717) is 13.0 Å². The number of anilines is 2. The Morgan fingerprint density at radius 2 is 1.88 bits per heavy atom. The fourth-order valence-corrected chi connectivity index (χ4v) is 3.12. The number of rotatable bonds is 6. The SMILES string of the molecule is OCCCNc1ccc2ncc(-c3ccc(N4CCOCC4)cc3)n2n1. The number of nitrogens with one attached hydrogen (secondary N) is 1. The van der Waals surface area contributed by atoms with Crippen LogP contribution in [0.4, 0.5) is 11.5 Å². The Balaban J connectivity index is 1.58. The molecular formula is C19H23N5O2. The molecule has 1 saturated heterocycles. The van der Waals surface area contributed by atoms with E-state index >= 15 is 0 Å². The number of aromatic nitrogens is 3. The highest BCUT2D eigenvalue weighted by Gasteiger charge is 2.12. The summed E-state index contributed by atoms with van der Waals surface area (Å²) in [4.78, 5) is 6.79. The summed E-state index contributed by atoms with van der Waals surface area (Å²) in [6.07, 6.45) is 2.54. The van der Waals surface area contributed by atoms with Gasteiger partial charge >= 0.3 is 0 Å². The second-order valence-corrected chi connectivity index (χ2v) is 6.28. The summed E-state index contributed by atoms with van der Waals surface area (Å²) in [7, 11) is 0. The van der Waals surface area contributed by atoms with Crippen molar-refractivity contribution in [3.63, 3.8) is 0 Å². The standard InChI is InChI=1S/C19H23N5O2/c25-11-1-8-20-18-6-7-19-21-14-17(24(19)22-18)15-2-4-16(5-3-15)23-9-12-26-13-10-23/h2-7,14,25H,1,8-13H2,(H,20,22). The zero-order valence-electron chi connectivity index (χ0n) is 14.6. The van der Waals surface area contributed by atoms with Gasteiger partial charge in [-0.2, -0.15) is 0 Å². The second kappa shape index (κ2) is 7.72. The molecule has 1 fully saturated rings. The Morgan fingerprint density at radius 3 is 2.65 bits per heavy atom. The van der Waals surface area contributed by atoms with Crippen molar-refractivity contribution in [3.8, 4) is 11.3 Å². The van der Waals surface area contributed by atoms with Crippen molar-refractivity contribution < 1.29 is 9.84 Å². The molecule has 7 nitrogen and oxygen atoms in total. The van der Waals surface area contributed by atoms with E-state index in [-0.39, 0.29) is 6.61 Å². The van der Waals surface area contributed by atoms with Gasteiger partial charge in [-0.1, -0.05) is 12.1 Å². The zero-order chi connectivity index (χ0) is 17.8. The van der Waals surface area contributed by atoms with Gasteiger partial charge < -0.3 is 20.1 Å². The lowest BCUT2D eigenvalue weighted by Crippen LogP contribution is -2.36. The summed E-state index contributed by atoms with van der Waals surface area (Å²) < 4.78 is 7.27. The molecule has 0 spiro atoms. The Labute approximate surface area is 152 Å². The van der Waals surface area contributed by atoms with Gasteiger partial charge in [0.15, 0.2) is 5.65 Å². The van der Waals surface area contributed by atoms with Crippen molar-refractivity contribution in [1.29, 1.82) is 0 Å². The maximum Gasteiger partial charge on any atom is 0.154 e. The van der Waals surface area contributed by atoms with E-state index in [4.69, 9.17) is 9.84 Å². The van der Waals surface area contributed by atoms with Crippen molar-refractivity contribution >= 4 is 17.2 Å². The lowest BCUT2D eigenvalue weighted by Gasteiger charge is -2.28. The number of imidazole rings is 1. The first-order valence-corrected chi connectivity index (χ1v) is 8.98. The van der Waals surface area contributed by atoms with Crippen LogP contribution in [-0.2, 0) is 4.74 Å². The summed E-state index contributed by atoms with van der Waals surface area (Å²) in [5.74, 6) is 0.773. The van der Waals surface area contributed by atoms with Crippen molar-refractivity contribution in [2.75, 3.05) is 49.7 Å². The van der Waals surface area contributed by atoms with Crippen molar-refractivity contribution in [1.82, 2.24) is 14.6 Å². The van der Waals surface area contributed by atoms with E-state index in [1.807, 2.05) is 22.8 Å². The molecule has 3 heterocycles. The molecule has 26 heavy (non-hydrogen) atoms. The molecule has 3 aromatic rings. The Hall–Kier alpha value is -2.64. The van der Waals surface area contributed by atoms with Gasteiger partial charge in [0.1, 0.15) is 5.82 Å². The van der Waals surface area contributed by atoms with E-state index in [9.17, 15) is 0 Å². The van der Waals surface area contributed by atoms with Crippen LogP contribution >= 0.6 is 0 Å². The van der Waals surface area contributed by atoms with E-state index in [1.54, 1.807) is 0 Å². The maximum atomic E-state index is 8.91. The molecular weight excluding hydrogens is 330 g/mol. The molecule has 0 aliphatic carbocycles. The van der Waals surface area contributed by atoms with Gasteiger partial charge in [-0.05, 0) is 30.7 Å². The van der Waals surface area contributed by atoms with Gasteiger partial charge in [0.05, 0.1) is 25.1 Å². The van der Waals surface area contributed by atoms with Crippen LogP contribution in [0.15, 0.2) is 42.6 Å². The molecule has 0 bridgehead atoms. The van der Waals surface area contributed by atoms with Crippen LogP contribution in [0.5, 0.6) is 0 Å². The zero-order valence-corrected chi connectivity index (χ0v) is 14.6. The number of benzene rings is 1. The highest BCUT2D eigenvalue weighted by molar-refractivity contribution is 5.66. The smallest absolute Gasteiger partial charge is 0.154 e. The van der Waals surface area contributed by atoms with Gasteiger partial charge in [-0.3, -0.25) is 0 Å². The maximum absolute atomic E-state index is 8.91. The lowest BCUT2D eigenvalue weighted by molar-refractivity contribution is 0.122. The molecule has 0 amide bonds. The Bertz CT molecular complexity index is 856. The third-order valence-electron chi connectivity index (χ3n) is 4.54. The van der Waals surface area contributed by atoms with E-state index in [2.05, 4.69) is 44.6 Å². The van der Waals surface area contributed by atoms with Crippen LogP contribution in [0.1, 0.15) is 6.42 Å². The Kier molecular flexibility index (Phi) is 4.99. The first-order valence-electron chi connectivity index (χ1n) is 8.98. The minimum absolute atomic E-state index is 0.168. The number of hydrogen-bond donors (Lipinski definition) is 2. The first-order chi connectivity index (χ1) is 12.8. The summed E-state index contributed by atoms with van der Waals surface area (Å²) >= 11 is 0. The minimum atomic E-state index is 0.168. The lowest BCUT2D eigenvalue weighted by atomic mass is 10.1. The average Bonchev–Trinajstić information content (AvgIpc) is 3.12. The molecule has 2 aromatic heterocycles. The summed E-state index contributed by atoms with van der Waals surface area (Å²) in [6, 6.07) is 12.4. The predicted molar refractivity (Wildman–Crippen MR) is 102 cm³/mol. The monoisotopic (exact) mass is 353 g/mol. The van der Waals surface area contributed by atoms with Crippen LogP contribution in [-0.4, -0.2) is 59.2 Å². The highest BCUT2D eigenvalue weighted by atomic mass is 16.5. The number of aliphatic hydroxyl groups is 1. The third kappa shape index (κ3) is 3.49. The molecule has 2 N–H and O–H groups in total. The topological polar surface area (TPSA) is 74.9 Å². The molecule has 0 saturated carbocycles. The minimum Gasteiger partial charge on any atom is -0.396 e. The molecule has 0 unspecified atom stereocenters. The number of morpholine rings is 1. The summed E-state index contributed by atoms with van der Waals surface area (Å²) in [5.41, 5.74) is 4.06. The van der Waals surface area contributed by atoms with Crippen LogP contribution in [0.25, 0.3) is 16.9 Å². The number of fused-ring (bicyclic) bond motifs is 1. The van der Waals surface area contributed by atoms with Crippen LogP contribution in [0, 0.1) is 0 Å². The van der Waals surface area contributed by atoms with Crippen LogP contribution in [0.2, 0.25) is 0 Å². The summed E-state index contributed by atoms with van der Waals surface area (Å²) in [6.45, 7) is 4.28. The molecule has 0 atom stereocenters. The average molecular weight is 353 g/mol. The molecule has 4 rings (SSSR count). The molecule has 0 radical (unpaired) electrons. The fourth-order valence-electron chi connectivity index (χ4n) is 3.12. The molecule has 7 heteroatoms. The van der Waals surface area contributed by atoms with Crippen molar-refractivity contribution in [2.24, 2.45) is 0 Å². The number of nitrogens with zero attached hydrogens (tertiary/aromatic N) is 4. The first kappa shape index (κ1) is 16.8. The molecule has 136 valence electrons. The highest BCUT2D eigenvalue weighted by Crippen LogP contribution is 2.24. The number of hydrogen-bond acceptors (Lipinski definition) is 6. The van der Waals surface area contributed by atoms with E-state index < -0.39 is 0 Å². The predicted octanol–water partition coefficient (Wildman–Crippen LogP) is 2.03. The molecule has 1 aromatic carbocycles. The van der Waals surface area contributed by atoms with E-state index in [1.165, 1.54) is 5.69 Å². The molecule has 1 aliphatic heterocycles. The van der Waals surface area contributed by atoms with Gasteiger partial charge in [0.25, 0.3) is 0 Å². The van der Waals surface area contributed by atoms with Crippen molar-refractivity contribution in [3.05, 3.63) is 42.6 Å². The Morgan fingerprint density at radius 1 is 1.08 bits per heavy atom. The molecule has 1 aliphatic rings. The summed E-state index contributed by atoms with van der Waals surface area (Å²) in [5, 5.41) is 16.8. The second-order valence-electron chi connectivity index (χ2n) is 6.28. The fraction of sp³-hybridized carbons (Fsp3) is 0.368. The number of aliphatic hydroxyl groups excluding tert-OH is 1. The normalized spacial score (nSPS) is 14.7. The number of ether oxygens (including phenoxy) is 1. The van der Waals surface area contributed by atoms with Crippen LogP contribution < -0.4 is 10.2 Å². The van der Waals surface area contributed by atoms with E-state index in [0.717, 1.165) is 49.0 Å². The van der Waals surface area contributed by atoms with Crippen molar-refractivity contribution in [2.45, 2.75) is 6.42 Å². The third-order valence-corrected chi connectivity index (χ3v) is 4.54. The largest absolute Gasteiger partial charge is 0.396 e. The van der Waals surface area contributed by atoms with Gasteiger partial charge in [0, 0.05) is 37.5 Å². The van der Waals surface area contributed by atoms with Crippen LogP contribution in [0.3, 0.4) is 0 Å².